The van der Waals surface area contributed by atoms with E-state index in [4.69, 9.17) is 5.73 Å². The van der Waals surface area contributed by atoms with Crippen molar-refractivity contribution in [1.82, 2.24) is 10.2 Å². The molecule has 1 aromatic heterocycles. The molecular formula is C8H13N3O. The molecule has 0 aliphatic heterocycles. The lowest BCUT2D eigenvalue weighted by atomic mass is 9.87. The summed E-state index contributed by atoms with van der Waals surface area (Å²) in [5.74, 6) is 0.351. The number of carbonyl (C=O) groups excluding carboxylic acids is 1. The van der Waals surface area contributed by atoms with Crippen LogP contribution >= 0.6 is 0 Å². The van der Waals surface area contributed by atoms with Crippen molar-refractivity contribution >= 4 is 11.6 Å². The fourth-order valence-electron chi connectivity index (χ4n) is 0.881. The quantitative estimate of drug-likeness (QED) is 0.618. The van der Waals surface area contributed by atoms with E-state index in [1.54, 1.807) is 0 Å². The Hall–Kier alpha value is -1.32. The van der Waals surface area contributed by atoms with Crippen molar-refractivity contribution in [2.45, 2.75) is 20.8 Å². The van der Waals surface area contributed by atoms with Crippen LogP contribution in [0.5, 0.6) is 0 Å². The zero-order chi connectivity index (χ0) is 9.35. The Bertz CT molecular complexity index is 295. The maximum absolute atomic E-state index is 11.6. The maximum Gasteiger partial charge on any atom is 0.173 e. The first-order valence-electron chi connectivity index (χ1n) is 3.76. The van der Waals surface area contributed by atoms with Gasteiger partial charge in [0.2, 0.25) is 0 Å². The smallest absolute Gasteiger partial charge is 0.173 e. The number of carbonyl (C=O) groups is 1. The number of hydrogen-bond donors (Lipinski definition) is 2. The molecule has 0 saturated carbocycles. The second-order valence-corrected chi connectivity index (χ2v) is 3.78. The third kappa shape index (κ3) is 1.47. The zero-order valence-corrected chi connectivity index (χ0v) is 7.51. The molecule has 0 fully saturated rings. The van der Waals surface area contributed by atoms with Gasteiger partial charge in [-0.2, -0.15) is 5.10 Å². The lowest BCUT2D eigenvalue weighted by molar-refractivity contribution is 0.0859. The standard InChI is InChI=1S/C8H13N3O/c1-8(2,3)6(12)5-4-10-11-7(5)9/h4H,1-3H3,(H3,9,10,11). The van der Waals surface area contributed by atoms with Crippen molar-refractivity contribution in [1.29, 1.82) is 0 Å². The molecule has 0 aliphatic carbocycles. The van der Waals surface area contributed by atoms with Gasteiger partial charge >= 0.3 is 0 Å². The molecule has 12 heavy (non-hydrogen) atoms. The first-order chi connectivity index (χ1) is 5.43. The van der Waals surface area contributed by atoms with Crippen molar-refractivity contribution in [3.63, 3.8) is 0 Å². The minimum atomic E-state index is -0.405. The Morgan fingerprint density at radius 1 is 1.58 bits per heavy atom. The van der Waals surface area contributed by atoms with Crippen LogP contribution in [0.2, 0.25) is 0 Å². The van der Waals surface area contributed by atoms with Crippen molar-refractivity contribution in [3.8, 4) is 0 Å². The lowest BCUT2D eigenvalue weighted by Crippen LogP contribution is -2.20. The first kappa shape index (κ1) is 8.77. The number of nitrogen functional groups attached to an aromatic ring is 1. The summed E-state index contributed by atoms with van der Waals surface area (Å²) in [6.07, 6.45) is 1.46. The molecule has 0 atom stereocenters. The second-order valence-electron chi connectivity index (χ2n) is 3.78. The largest absolute Gasteiger partial charge is 0.383 e. The Morgan fingerprint density at radius 2 is 2.17 bits per heavy atom. The molecule has 0 unspecified atom stereocenters. The number of Topliss-reactive ketones (excluding diaryl/α,β-unsaturated/α-hetero) is 1. The van der Waals surface area contributed by atoms with Gasteiger partial charge in [-0.3, -0.25) is 9.89 Å². The molecule has 4 heteroatoms. The number of H-pyrrole nitrogens is 1. The van der Waals surface area contributed by atoms with Gasteiger partial charge in [0.05, 0.1) is 11.8 Å². The summed E-state index contributed by atoms with van der Waals surface area (Å²) in [5.41, 5.74) is 5.57. The topological polar surface area (TPSA) is 71.8 Å². The average molecular weight is 167 g/mol. The molecule has 0 aromatic carbocycles. The summed E-state index contributed by atoms with van der Waals surface area (Å²) in [6.45, 7) is 5.55. The van der Waals surface area contributed by atoms with Crippen LogP contribution in [-0.2, 0) is 0 Å². The van der Waals surface area contributed by atoms with E-state index in [0.717, 1.165) is 0 Å². The third-order valence-electron chi connectivity index (χ3n) is 1.59. The van der Waals surface area contributed by atoms with Crippen LogP contribution in [0.1, 0.15) is 31.1 Å². The van der Waals surface area contributed by atoms with E-state index in [9.17, 15) is 4.79 Å². The minimum absolute atomic E-state index is 0.00810. The molecule has 1 rings (SSSR count). The van der Waals surface area contributed by atoms with E-state index in [-0.39, 0.29) is 5.78 Å². The fourth-order valence-corrected chi connectivity index (χ4v) is 0.881. The predicted molar refractivity (Wildman–Crippen MR) is 46.8 cm³/mol. The van der Waals surface area contributed by atoms with Crippen LogP contribution < -0.4 is 5.73 Å². The summed E-state index contributed by atoms with van der Waals surface area (Å²) in [5, 5.41) is 6.21. The first-order valence-corrected chi connectivity index (χ1v) is 3.76. The summed E-state index contributed by atoms with van der Waals surface area (Å²) in [4.78, 5) is 11.6. The van der Waals surface area contributed by atoms with E-state index in [1.807, 2.05) is 20.8 Å². The maximum atomic E-state index is 11.6. The van der Waals surface area contributed by atoms with Gasteiger partial charge in [-0.25, -0.2) is 0 Å². The van der Waals surface area contributed by atoms with Crippen molar-refractivity contribution < 1.29 is 4.79 Å². The van der Waals surface area contributed by atoms with E-state index in [2.05, 4.69) is 10.2 Å². The number of nitrogens with one attached hydrogen (secondary N) is 1. The highest BCUT2D eigenvalue weighted by Crippen LogP contribution is 2.22. The lowest BCUT2D eigenvalue weighted by Gasteiger charge is -2.15. The van der Waals surface area contributed by atoms with Gasteiger partial charge in [-0.1, -0.05) is 20.8 Å². The highest BCUT2D eigenvalue weighted by Gasteiger charge is 2.25. The van der Waals surface area contributed by atoms with Crippen LogP contribution in [0.15, 0.2) is 6.20 Å². The third-order valence-corrected chi connectivity index (χ3v) is 1.59. The van der Waals surface area contributed by atoms with Gasteiger partial charge in [-0.15, -0.1) is 0 Å². The van der Waals surface area contributed by atoms with Crippen molar-refractivity contribution in [2.24, 2.45) is 5.41 Å². The van der Waals surface area contributed by atoms with Crippen molar-refractivity contribution in [3.05, 3.63) is 11.8 Å². The summed E-state index contributed by atoms with van der Waals surface area (Å²) in [6, 6.07) is 0. The molecule has 1 aromatic rings. The molecule has 0 bridgehead atoms. The SMILES string of the molecule is CC(C)(C)C(=O)c1cn[nH]c1N. The van der Waals surface area contributed by atoms with Crippen LogP contribution in [-0.4, -0.2) is 16.0 Å². The molecule has 3 N–H and O–H groups in total. The van der Waals surface area contributed by atoms with E-state index in [1.165, 1.54) is 6.20 Å². The molecule has 66 valence electrons. The Kier molecular flexibility index (Phi) is 1.92. The summed E-state index contributed by atoms with van der Waals surface area (Å²) < 4.78 is 0. The number of anilines is 1. The number of aromatic nitrogens is 2. The van der Waals surface area contributed by atoms with Gasteiger partial charge in [0, 0.05) is 5.41 Å². The molecule has 0 saturated heterocycles. The number of hydrogen-bond acceptors (Lipinski definition) is 3. The number of nitrogens with two attached hydrogens (primary N) is 1. The van der Waals surface area contributed by atoms with Gasteiger partial charge in [0.1, 0.15) is 5.82 Å². The summed E-state index contributed by atoms with van der Waals surface area (Å²) >= 11 is 0. The molecule has 0 aliphatic rings. The van der Waals surface area contributed by atoms with Crippen LogP contribution in [0.3, 0.4) is 0 Å². The average Bonchev–Trinajstić information content (AvgIpc) is 2.31. The zero-order valence-electron chi connectivity index (χ0n) is 7.51. The molecular weight excluding hydrogens is 154 g/mol. The minimum Gasteiger partial charge on any atom is -0.383 e. The number of ketones is 1. The van der Waals surface area contributed by atoms with E-state index in [0.29, 0.717) is 11.4 Å². The number of aromatic amines is 1. The molecule has 0 spiro atoms. The van der Waals surface area contributed by atoms with Gasteiger partial charge in [0.15, 0.2) is 5.78 Å². The van der Waals surface area contributed by atoms with E-state index < -0.39 is 5.41 Å². The highest BCUT2D eigenvalue weighted by molar-refractivity contribution is 6.03. The molecule has 1 heterocycles. The van der Waals surface area contributed by atoms with Gasteiger partial charge in [-0.05, 0) is 0 Å². The fraction of sp³-hybridized carbons (Fsp3) is 0.500. The Balaban J connectivity index is 3.01. The van der Waals surface area contributed by atoms with Crippen LogP contribution in [0.25, 0.3) is 0 Å². The normalized spacial score (nSPS) is 11.6. The van der Waals surface area contributed by atoms with Gasteiger partial charge in [0.25, 0.3) is 0 Å². The Labute approximate surface area is 71.2 Å². The molecule has 0 amide bonds. The predicted octanol–water partition coefficient (Wildman–Crippen LogP) is 1.22. The van der Waals surface area contributed by atoms with Gasteiger partial charge < -0.3 is 5.73 Å². The van der Waals surface area contributed by atoms with E-state index >= 15 is 0 Å². The molecule has 0 radical (unpaired) electrons. The monoisotopic (exact) mass is 167 g/mol. The van der Waals surface area contributed by atoms with Crippen LogP contribution in [0.4, 0.5) is 5.82 Å². The number of rotatable bonds is 1. The second kappa shape index (κ2) is 2.62. The summed E-state index contributed by atoms with van der Waals surface area (Å²) in [7, 11) is 0. The van der Waals surface area contributed by atoms with Crippen molar-refractivity contribution in [2.75, 3.05) is 5.73 Å². The molecule has 4 nitrogen and oxygen atoms in total. The Morgan fingerprint density at radius 3 is 2.50 bits per heavy atom. The van der Waals surface area contributed by atoms with Crippen LogP contribution in [0, 0.1) is 5.41 Å². The highest BCUT2D eigenvalue weighted by atomic mass is 16.1. The number of nitrogens with zero attached hydrogens (tertiary/aromatic N) is 1.